The largest absolute Gasteiger partial charge is 0.481 e. The zero-order valence-electron chi connectivity index (χ0n) is 10.3. The second kappa shape index (κ2) is 5.50. The number of aliphatic carboxylic acids is 1. The van der Waals surface area contributed by atoms with Crippen LogP contribution >= 0.6 is 0 Å². The number of hydrogen-bond acceptors (Lipinski definition) is 2. The summed E-state index contributed by atoms with van der Waals surface area (Å²) in [7, 11) is 0. The molecule has 0 atom stereocenters. The fourth-order valence-electron chi connectivity index (χ4n) is 2.01. The number of carbonyl (C=O) groups is 1. The fraction of sp³-hybridized carbons (Fsp3) is 0.917. The summed E-state index contributed by atoms with van der Waals surface area (Å²) < 4.78 is 0. The lowest BCUT2D eigenvalue weighted by molar-refractivity contribution is -0.154. The van der Waals surface area contributed by atoms with E-state index in [1.54, 1.807) is 0 Å². The third kappa shape index (κ3) is 3.20. The predicted octanol–water partition coefficient (Wildman–Crippen LogP) is 2.82. The van der Waals surface area contributed by atoms with Gasteiger partial charge in [-0.2, -0.15) is 0 Å². The van der Waals surface area contributed by atoms with Crippen LogP contribution in [0.2, 0.25) is 0 Å². The first-order valence-corrected chi connectivity index (χ1v) is 5.85. The summed E-state index contributed by atoms with van der Waals surface area (Å²) in [6.45, 7) is 7.57. The summed E-state index contributed by atoms with van der Waals surface area (Å²) in [6.07, 6.45) is 2.72. The van der Waals surface area contributed by atoms with Crippen molar-refractivity contribution in [2.24, 2.45) is 5.41 Å². The van der Waals surface area contributed by atoms with Crippen LogP contribution in [0.3, 0.4) is 0 Å². The van der Waals surface area contributed by atoms with Gasteiger partial charge >= 0.3 is 5.97 Å². The molecule has 0 aromatic heterocycles. The number of rotatable bonds is 7. The second-order valence-corrected chi connectivity index (χ2v) is 4.40. The van der Waals surface area contributed by atoms with Crippen LogP contribution in [0.15, 0.2) is 0 Å². The smallest absolute Gasteiger partial charge is 0.309 e. The molecule has 0 saturated carbocycles. The quantitative estimate of drug-likeness (QED) is 0.688. The monoisotopic (exact) mass is 216 g/mol. The molecular weight excluding hydrogens is 192 g/mol. The van der Waals surface area contributed by atoms with Gasteiger partial charge in [0.25, 0.3) is 0 Å². The van der Waals surface area contributed by atoms with Gasteiger partial charge in [0.15, 0.2) is 0 Å². The molecule has 0 aromatic carbocycles. The molecule has 0 rings (SSSR count). The molecule has 15 heavy (non-hydrogen) atoms. The number of hydrogen-bond donors (Lipinski definition) is 2. The minimum Gasteiger partial charge on any atom is -0.481 e. The number of carboxylic acids is 1. The molecule has 0 heterocycles. The van der Waals surface area contributed by atoms with Crippen LogP contribution in [0.25, 0.3) is 0 Å². The Hall–Kier alpha value is -0.570. The molecule has 0 aliphatic carbocycles. The second-order valence-electron chi connectivity index (χ2n) is 4.40. The van der Waals surface area contributed by atoms with E-state index in [0.29, 0.717) is 32.1 Å². The average molecular weight is 216 g/mol. The average Bonchev–Trinajstić information content (AvgIpc) is 2.25. The van der Waals surface area contributed by atoms with E-state index in [1.807, 2.05) is 27.7 Å². The molecule has 3 nitrogen and oxygen atoms in total. The van der Waals surface area contributed by atoms with Crippen molar-refractivity contribution in [2.45, 2.75) is 65.4 Å². The molecule has 0 aromatic rings. The standard InChI is InChI=1S/C12H24O3/c1-5-11(6-2,10(13)14)9-12(15,7-3)8-4/h15H,5-9H2,1-4H3,(H,13,14). The summed E-state index contributed by atoms with van der Waals surface area (Å²) >= 11 is 0. The minimum absolute atomic E-state index is 0.356. The van der Waals surface area contributed by atoms with E-state index in [1.165, 1.54) is 0 Å². The van der Waals surface area contributed by atoms with Crippen molar-refractivity contribution in [1.29, 1.82) is 0 Å². The van der Waals surface area contributed by atoms with Crippen molar-refractivity contribution >= 4 is 5.97 Å². The molecule has 90 valence electrons. The van der Waals surface area contributed by atoms with Crippen LogP contribution in [0.5, 0.6) is 0 Å². The first-order valence-electron chi connectivity index (χ1n) is 5.85. The maximum atomic E-state index is 11.3. The van der Waals surface area contributed by atoms with Crippen molar-refractivity contribution in [2.75, 3.05) is 0 Å². The van der Waals surface area contributed by atoms with Gasteiger partial charge in [-0.1, -0.05) is 27.7 Å². The van der Waals surface area contributed by atoms with Crippen LogP contribution in [0, 0.1) is 5.41 Å². The third-order valence-corrected chi connectivity index (χ3v) is 3.79. The predicted molar refractivity (Wildman–Crippen MR) is 60.8 cm³/mol. The molecule has 0 amide bonds. The molecule has 0 radical (unpaired) electrons. The lowest BCUT2D eigenvalue weighted by Gasteiger charge is -2.36. The summed E-state index contributed by atoms with van der Waals surface area (Å²) in [4.78, 5) is 11.3. The van der Waals surface area contributed by atoms with E-state index in [0.717, 1.165) is 0 Å². The molecule has 0 aliphatic heterocycles. The third-order valence-electron chi connectivity index (χ3n) is 3.79. The van der Waals surface area contributed by atoms with E-state index in [-0.39, 0.29) is 0 Å². The lowest BCUT2D eigenvalue weighted by Crippen LogP contribution is -2.40. The molecule has 0 saturated heterocycles. The van der Waals surface area contributed by atoms with Crippen LogP contribution < -0.4 is 0 Å². The summed E-state index contributed by atoms with van der Waals surface area (Å²) in [5, 5.41) is 19.5. The molecule has 0 fully saturated rings. The van der Waals surface area contributed by atoms with Crippen LogP contribution in [0.1, 0.15) is 59.8 Å². The highest BCUT2D eigenvalue weighted by Gasteiger charge is 2.41. The highest BCUT2D eigenvalue weighted by molar-refractivity contribution is 5.74. The van der Waals surface area contributed by atoms with E-state index < -0.39 is 17.0 Å². The Morgan fingerprint density at radius 3 is 1.60 bits per heavy atom. The number of carboxylic acid groups (broad SMARTS) is 1. The summed E-state index contributed by atoms with van der Waals surface area (Å²) in [5.74, 6) is -0.784. The minimum atomic E-state index is -0.829. The zero-order chi connectivity index (χ0) is 12.1. The van der Waals surface area contributed by atoms with Crippen molar-refractivity contribution < 1.29 is 15.0 Å². The van der Waals surface area contributed by atoms with Gasteiger partial charge in [-0.3, -0.25) is 4.79 Å². The van der Waals surface area contributed by atoms with Crippen molar-refractivity contribution in [3.63, 3.8) is 0 Å². The maximum absolute atomic E-state index is 11.3. The molecule has 0 bridgehead atoms. The lowest BCUT2D eigenvalue weighted by atomic mass is 9.72. The Bertz CT molecular complexity index is 203. The van der Waals surface area contributed by atoms with E-state index >= 15 is 0 Å². The SMILES string of the molecule is CCC(O)(CC)CC(CC)(CC)C(=O)O. The van der Waals surface area contributed by atoms with Gasteiger partial charge in [-0.05, 0) is 32.1 Å². The van der Waals surface area contributed by atoms with Gasteiger partial charge in [0, 0.05) is 0 Å². The first kappa shape index (κ1) is 14.4. The highest BCUT2D eigenvalue weighted by atomic mass is 16.4. The highest BCUT2D eigenvalue weighted by Crippen LogP contribution is 2.38. The molecule has 0 unspecified atom stereocenters. The van der Waals surface area contributed by atoms with E-state index in [2.05, 4.69) is 0 Å². The Balaban J connectivity index is 4.89. The summed E-state index contributed by atoms with van der Waals surface area (Å²) in [5.41, 5.74) is -1.59. The van der Waals surface area contributed by atoms with Gasteiger partial charge in [-0.25, -0.2) is 0 Å². The van der Waals surface area contributed by atoms with Crippen LogP contribution in [-0.4, -0.2) is 21.8 Å². The Labute approximate surface area is 92.5 Å². The molecule has 0 spiro atoms. The van der Waals surface area contributed by atoms with Gasteiger partial charge in [0.05, 0.1) is 11.0 Å². The topological polar surface area (TPSA) is 57.5 Å². The Kier molecular flexibility index (Phi) is 5.29. The Morgan fingerprint density at radius 1 is 1.00 bits per heavy atom. The summed E-state index contributed by atoms with van der Waals surface area (Å²) in [6, 6.07) is 0. The van der Waals surface area contributed by atoms with Gasteiger partial charge in [0.1, 0.15) is 0 Å². The molecule has 3 heteroatoms. The van der Waals surface area contributed by atoms with Gasteiger partial charge < -0.3 is 10.2 Å². The molecule has 0 aliphatic rings. The van der Waals surface area contributed by atoms with Gasteiger partial charge in [0.2, 0.25) is 0 Å². The van der Waals surface area contributed by atoms with Crippen molar-refractivity contribution in [3.05, 3.63) is 0 Å². The Morgan fingerprint density at radius 2 is 1.40 bits per heavy atom. The number of aliphatic hydroxyl groups is 1. The van der Waals surface area contributed by atoms with E-state index in [4.69, 9.17) is 0 Å². The normalized spacial score (nSPS) is 12.9. The molecule has 2 N–H and O–H groups in total. The maximum Gasteiger partial charge on any atom is 0.309 e. The molecular formula is C12H24O3. The fourth-order valence-corrected chi connectivity index (χ4v) is 2.01. The first-order chi connectivity index (χ1) is 6.89. The van der Waals surface area contributed by atoms with Crippen molar-refractivity contribution in [3.8, 4) is 0 Å². The van der Waals surface area contributed by atoms with Gasteiger partial charge in [-0.15, -0.1) is 0 Å². The van der Waals surface area contributed by atoms with Crippen molar-refractivity contribution in [1.82, 2.24) is 0 Å². The van der Waals surface area contributed by atoms with E-state index in [9.17, 15) is 15.0 Å². The zero-order valence-corrected chi connectivity index (χ0v) is 10.3. The van der Waals surface area contributed by atoms with Crippen LogP contribution in [0.4, 0.5) is 0 Å². The van der Waals surface area contributed by atoms with Crippen LogP contribution in [-0.2, 0) is 4.79 Å².